The summed E-state index contributed by atoms with van der Waals surface area (Å²) in [6.07, 6.45) is 3.23. The van der Waals surface area contributed by atoms with Gasteiger partial charge in [0.25, 0.3) is 0 Å². The molecule has 1 aromatic rings. The summed E-state index contributed by atoms with van der Waals surface area (Å²) in [5, 5.41) is 21.1. The quantitative estimate of drug-likeness (QED) is 0.884. The van der Waals surface area contributed by atoms with Gasteiger partial charge in [-0.05, 0) is 44.7 Å². The Bertz CT molecular complexity index is 632. The van der Waals surface area contributed by atoms with Crippen LogP contribution in [0.2, 0.25) is 0 Å². The second-order valence-corrected chi connectivity index (χ2v) is 6.23. The normalized spacial score (nSPS) is 29.8. The molecule has 116 valence electrons. The van der Waals surface area contributed by atoms with Crippen LogP contribution in [0.1, 0.15) is 36.9 Å². The molecule has 6 nitrogen and oxygen atoms in total. The van der Waals surface area contributed by atoms with Crippen LogP contribution >= 0.6 is 0 Å². The van der Waals surface area contributed by atoms with Crippen LogP contribution in [-0.2, 0) is 9.53 Å². The summed E-state index contributed by atoms with van der Waals surface area (Å²) in [6, 6.07) is 5.64. The first-order valence-electron chi connectivity index (χ1n) is 7.53. The Hall–Kier alpha value is -2.13. The highest BCUT2D eigenvalue weighted by Gasteiger charge is 2.52. The molecule has 0 radical (unpaired) electrons. The zero-order chi connectivity index (χ0) is 15.7. The second kappa shape index (κ2) is 5.58. The lowest BCUT2D eigenvalue weighted by molar-refractivity contribution is -0.164. The highest BCUT2D eigenvalue weighted by atomic mass is 16.5. The molecule has 22 heavy (non-hydrogen) atoms. The number of anilines is 1. The van der Waals surface area contributed by atoms with Gasteiger partial charge >= 0.3 is 5.97 Å². The van der Waals surface area contributed by atoms with Gasteiger partial charge in [-0.2, -0.15) is 5.26 Å². The molecule has 1 aliphatic heterocycles. The van der Waals surface area contributed by atoms with Gasteiger partial charge in [0.15, 0.2) is 0 Å². The number of nitrogens with one attached hydrogen (secondary N) is 1. The van der Waals surface area contributed by atoms with Crippen molar-refractivity contribution in [3.8, 4) is 6.07 Å². The van der Waals surface area contributed by atoms with Gasteiger partial charge in [0.1, 0.15) is 11.9 Å². The predicted octanol–water partition coefficient (Wildman–Crippen LogP) is 2.09. The van der Waals surface area contributed by atoms with E-state index in [1.807, 2.05) is 6.92 Å². The third kappa shape index (κ3) is 2.77. The third-order valence-electron chi connectivity index (χ3n) is 4.64. The van der Waals surface area contributed by atoms with Crippen LogP contribution in [0.25, 0.3) is 0 Å². The molecule has 6 heteroatoms. The molecule has 0 aromatic carbocycles. The molecule has 1 aromatic heterocycles. The summed E-state index contributed by atoms with van der Waals surface area (Å²) in [7, 11) is 0. The lowest BCUT2D eigenvalue weighted by Crippen LogP contribution is -2.47. The zero-order valence-electron chi connectivity index (χ0n) is 12.5. The monoisotopic (exact) mass is 301 g/mol. The Morgan fingerprint density at radius 1 is 1.59 bits per heavy atom. The first-order chi connectivity index (χ1) is 10.5. The maximum atomic E-state index is 10.9. The molecular weight excluding hydrogens is 282 g/mol. The number of carbonyl (C=O) groups is 1. The summed E-state index contributed by atoms with van der Waals surface area (Å²) in [5.41, 5.74) is 1.08. The molecule has 1 aliphatic carbocycles. The van der Waals surface area contributed by atoms with Gasteiger partial charge in [-0.1, -0.05) is 0 Å². The van der Waals surface area contributed by atoms with E-state index in [0.29, 0.717) is 30.6 Å². The van der Waals surface area contributed by atoms with E-state index in [9.17, 15) is 4.79 Å². The SMILES string of the molecule is Cc1nc(NCC2CCC3(CC(C(=O)O)C3)O2)ccc1C#N. The van der Waals surface area contributed by atoms with E-state index in [0.717, 1.165) is 18.7 Å². The minimum absolute atomic E-state index is 0.0903. The average Bonchev–Trinajstić information content (AvgIpc) is 2.88. The van der Waals surface area contributed by atoms with Crippen molar-refractivity contribution in [1.29, 1.82) is 5.26 Å². The topological polar surface area (TPSA) is 95.2 Å². The molecule has 0 amide bonds. The number of ether oxygens (including phenoxy) is 1. The molecule has 1 saturated carbocycles. The van der Waals surface area contributed by atoms with Crippen LogP contribution in [0, 0.1) is 24.2 Å². The number of carboxylic acids is 1. The highest BCUT2D eigenvalue weighted by Crippen LogP contribution is 2.49. The van der Waals surface area contributed by atoms with Crippen LogP contribution in [0.15, 0.2) is 12.1 Å². The maximum absolute atomic E-state index is 10.9. The standard InChI is InChI=1S/C16H19N3O3/c1-10-11(8-17)2-3-14(19-10)18-9-13-4-5-16(22-13)6-12(7-16)15(20)21/h2-3,12-13H,4-7,9H2,1H3,(H,18,19)(H,20,21). The third-order valence-corrected chi connectivity index (χ3v) is 4.64. The number of aryl methyl sites for hydroxylation is 1. The smallest absolute Gasteiger partial charge is 0.306 e. The Morgan fingerprint density at radius 2 is 2.36 bits per heavy atom. The molecule has 1 unspecified atom stereocenters. The maximum Gasteiger partial charge on any atom is 0.306 e. The van der Waals surface area contributed by atoms with Crippen LogP contribution in [0.5, 0.6) is 0 Å². The lowest BCUT2D eigenvalue weighted by Gasteiger charge is -2.42. The number of hydrogen-bond acceptors (Lipinski definition) is 5. The number of rotatable bonds is 4. The van der Waals surface area contributed by atoms with Crippen molar-refractivity contribution < 1.29 is 14.6 Å². The van der Waals surface area contributed by atoms with Crippen LogP contribution < -0.4 is 5.32 Å². The van der Waals surface area contributed by atoms with Gasteiger partial charge in [0, 0.05) is 6.54 Å². The van der Waals surface area contributed by atoms with Crippen molar-refractivity contribution in [3.05, 3.63) is 23.4 Å². The van der Waals surface area contributed by atoms with Gasteiger partial charge in [-0.3, -0.25) is 4.79 Å². The van der Waals surface area contributed by atoms with Crippen LogP contribution in [0.3, 0.4) is 0 Å². The number of pyridine rings is 1. The van der Waals surface area contributed by atoms with E-state index in [1.54, 1.807) is 12.1 Å². The fraction of sp³-hybridized carbons (Fsp3) is 0.562. The Kier molecular flexibility index (Phi) is 3.75. The van der Waals surface area contributed by atoms with E-state index >= 15 is 0 Å². The summed E-state index contributed by atoms with van der Waals surface area (Å²) in [4.78, 5) is 15.2. The van der Waals surface area contributed by atoms with Gasteiger partial charge in [-0.15, -0.1) is 0 Å². The van der Waals surface area contributed by atoms with Crippen LogP contribution in [0.4, 0.5) is 5.82 Å². The Morgan fingerprint density at radius 3 is 3.00 bits per heavy atom. The fourth-order valence-electron chi connectivity index (χ4n) is 3.35. The molecule has 2 fully saturated rings. The van der Waals surface area contributed by atoms with E-state index in [2.05, 4.69) is 16.4 Å². The Labute approximate surface area is 129 Å². The number of nitriles is 1. The molecule has 3 rings (SSSR count). The summed E-state index contributed by atoms with van der Waals surface area (Å²) >= 11 is 0. The van der Waals surface area contributed by atoms with Crippen molar-refractivity contribution in [2.24, 2.45) is 5.92 Å². The summed E-state index contributed by atoms with van der Waals surface area (Å²) in [6.45, 7) is 2.46. The van der Waals surface area contributed by atoms with Gasteiger partial charge in [0.05, 0.1) is 28.9 Å². The number of nitrogens with zero attached hydrogens (tertiary/aromatic N) is 2. The molecule has 1 spiro atoms. The minimum atomic E-state index is -0.715. The molecule has 0 bridgehead atoms. The molecular formula is C16H19N3O3. The van der Waals surface area contributed by atoms with Crippen molar-refractivity contribution in [3.63, 3.8) is 0 Å². The van der Waals surface area contributed by atoms with E-state index in [-0.39, 0.29) is 17.6 Å². The Balaban J connectivity index is 1.51. The van der Waals surface area contributed by atoms with Gasteiger partial charge in [-0.25, -0.2) is 4.98 Å². The number of carboxylic acid groups (broad SMARTS) is 1. The van der Waals surface area contributed by atoms with Crippen molar-refractivity contribution in [2.75, 3.05) is 11.9 Å². The molecule has 1 atom stereocenters. The fourth-order valence-corrected chi connectivity index (χ4v) is 3.35. The van der Waals surface area contributed by atoms with Gasteiger partial charge in [0.2, 0.25) is 0 Å². The zero-order valence-corrected chi connectivity index (χ0v) is 12.5. The van der Waals surface area contributed by atoms with Crippen molar-refractivity contribution in [2.45, 2.75) is 44.3 Å². The van der Waals surface area contributed by atoms with Crippen LogP contribution in [-0.4, -0.2) is 34.3 Å². The molecule has 2 N–H and O–H groups in total. The number of aliphatic carboxylic acids is 1. The van der Waals surface area contributed by atoms with Gasteiger partial charge < -0.3 is 15.2 Å². The largest absolute Gasteiger partial charge is 0.481 e. The molecule has 2 heterocycles. The highest BCUT2D eigenvalue weighted by molar-refractivity contribution is 5.71. The average molecular weight is 301 g/mol. The molecule has 2 aliphatic rings. The number of aromatic nitrogens is 1. The second-order valence-electron chi connectivity index (χ2n) is 6.23. The van der Waals surface area contributed by atoms with E-state index in [4.69, 9.17) is 15.1 Å². The summed E-state index contributed by atoms with van der Waals surface area (Å²) < 4.78 is 6.06. The van der Waals surface area contributed by atoms with E-state index in [1.165, 1.54) is 0 Å². The van der Waals surface area contributed by atoms with Crippen molar-refractivity contribution in [1.82, 2.24) is 4.98 Å². The summed E-state index contributed by atoms with van der Waals surface area (Å²) in [5.74, 6) is -0.222. The predicted molar refractivity (Wildman–Crippen MR) is 79.4 cm³/mol. The van der Waals surface area contributed by atoms with Crippen molar-refractivity contribution >= 4 is 11.8 Å². The van der Waals surface area contributed by atoms with E-state index < -0.39 is 5.97 Å². The first-order valence-corrected chi connectivity index (χ1v) is 7.53. The first kappa shape index (κ1) is 14.8. The number of hydrogen-bond donors (Lipinski definition) is 2. The lowest BCUT2D eigenvalue weighted by atomic mass is 9.69. The molecule has 1 saturated heterocycles. The minimum Gasteiger partial charge on any atom is -0.481 e.